The molecule has 0 spiro atoms. The van der Waals surface area contributed by atoms with Crippen LogP contribution in [0.1, 0.15) is 5.89 Å². The van der Waals surface area contributed by atoms with Crippen LogP contribution in [-0.4, -0.2) is 10.2 Å². The highest BCUT2D eigenvalue weighted by Gasteiger charge is 2.12. The van der Waals surface area contributed by atoms with E-state index in [-0.39, 0.29) is 0 Å². The Morgan fingerprint density at radius 3 is 2.95 bits per heavy atom. The summed E-state index contributed by atoms with van der Waals surface area (Å²) >= 11 is 1.33. The maximum absolute atomic E-state index is 11.4. The van der Waals surface area contributed by atoms with Crippen LogP contribution >= 0.6 is 11.8 Å². The first-order valence-electron chi connectivity index (χ1n) is 5.50. The Balaban J connectivity index is 1.70. The number of pyridine rings is 1. The zero-order chi connectivity index (χ0) is 13.1. The monoisotopic (exact) mass is 275 g/mol. The molecule has 3 aromatic rings. The number of nitrogens with zero attached hydrogens (tertiary/aromatic N) is 3. The molecule has 0 atom stereocenters. The lowest BCUT2D eigenvalue weighted by atomic mass is 10.5. The van der Waals surface area contributed by atoms with Crippen molar-refractivity contribution in [3.05, 3.63) is 53.9 Å². The second kappa shape index (κ2) is 5.15. The van der Waals surface area contributed by atoms with Gasteiger partial charge in [-0.3, -0.25) is 0 Å². The van der Waals surface area contributed by atoms with Gasteiger partial charge < -0.3 is 14.0 Å². The SMILES string of the molecule is [O-][n+]1ccccc1SCc1nnc(-c2ccco2)o1. The van der Waals surface area contributed by atoms with E-state index in [0.29, 0.717) is 28.3 Å². The molecule has 6 nitrogen and oxygen atoms in total. The third kappa shape index (κ3) is 2.60. The summed E-state index contributed by atoms with van der Waals surface area (Å²) in [6.07, 6.45) is 2.99. The Morgan fingerprint density at radius 1 is 1.21 bits per heavy atom. The Kier molecular flexibility index (Phi) is 3.20. The maximum atomic E-state index is 11.4. The number of hydrogen-bond donors (Lipinski definition) is 0. The standard InChI is InChI=1S/C12H9N3O3S/c16-15-6-2-1-5-11(15)19-8-10-13-14-12(18-10)9-4-3-7-17-9/h1-7H,8H2. The zero-order valence-electron chi connectivity index (χ0n) is 9.72. The molecule has 0 fully saturated rings. The van der Waals surface area contributed by atoms with Gasteiger partial charge in [0.2, 0.25) is 5.89 Å². The predicted molar refractivity (Wildman–Crippen MR) is 67.0 cm³/mol. The molecule has 3 aromatic heterocycles. The Labute approximate surface area is 112 Å². The van der Waals surface area contributed by atoms with Crippen molar-refractivity contribution in [1.82, 2.24) is 10.2 Å². The summed E-state index contributed by atoms with van der Waals surface area (Å²) in [6, 6.07) is 8.71. The van der Waals surface area contributed by atoms with Crippen LogP contribution in [0.2, 0.25) is 0 Å². The number of thioether (sulfide) groups is 1. The van der Waals surface area contributed by atoms with Crippen LogP contribution in [0.4, 0.5) is 0 Å². The van der Waals surface area contributed by atoms with Crippen LogP contribution in [0.3, 0.4) is 0 Å². The van der Waals surface area contributed by atoms with Crippen molar-refractivity contribution in [2.24, 2.45) is 0 Å². The van der Waals surface area contributed by atoms with Gasteiger partial charge in [0.1, 0.15) is 0 Å². The van der Waals surface area contributed by atoms with E-state index in [1.54, 1.807) is 30.3 Å². The quantitative estimate of drug-likeness (QED) is 0.413. The van der Waals surface area contributed by atoms with E-state index in [4.69, 9.17) is 8.83 Å². The van der Waals surface area contributed by atoms with Gasteiger partial charge in [0.05, 0.1) is 12.0 Å². The maximum Gasteiger partial charge on any atom is 0.283 e. The fourth-order valence-corrected chi connectivity index (χ4v) is 2.22. The van der Waals surface area contributed by atoms with Gasteiger partial charge in [0.25, 0.3) is 10.9 Å². The van der Waals surface area contributed by atoms with E-state index in [1.165, 1.54) is 24.2 Å². The topological polar surface area (TPSA) is 79.0 Å². The summed E-state index contributed by atoms with van der Waals surface area (Å²) < 4.78 is 11.4. The minimum atomic E-state index is 0.337. The molecule has 0 amide bonds. The molecule has 7 heteroatoms. The molecule has 0 aliphatic carbocycles. The molecule has 0 saturated carbocycles. The molecule has 0 saturated heterocycles. The largest absolute Gasteiger partial charge is 0.618 e. The van der Waals surface area contributed by atoms with E-state index in [1.807, 2.05) is 0 Å². The van der Waals surface area contributed by atoms with Gasteiger partial charge in [0.15, 0.2) is 12.0 Å². The van der Waals surface area contributed by atoms with Crippen molar-refractivity contribution >= 4 is 11.8 Å². The van der Waals surface area contributed by atoms with Crippen molar-refractivity contribution in [2.45, 2.75) is 10.8 Å². The fourth-order valence-electron chi connectivity index (χ4n) is 1.47. The third-order valence-corrected chi connectivity index (χ3v) is 3.33. The Morgan fingerprint density at radius 2 is 2.16 bits per heavy atom. The minimum Gasteiger partial charge on any atom is -0.618 e. The van der Waals surface area contributed by atoms with Crippen LogP contribution < -0.4 is 4.73 Å². The van der Waals surface area contributed by atoms with E-state index in [9.17, 15) is 5.21 Å². The van der Waals surface area contributed by atoms with Crippen molar-refractivity contribution in [1.29, 1.82) is 0 Å². The number of furan rings is 1. The van der Waals surface area contributed by atoms with Gasteiger partial charge in [-0.1, -0.05) is 0 Å². The first-order valence-corrected chi connectivity index (χ1v) is 6.49. The molecule has 3 rings (SSSR count). The summed E-state index contributed by atoms with van der Waals surface area (Å²) in [5.41, 5.74) is 0. The van der Waals surface area contributed by atoms with Crippen LogP contribution in [0.5, 0.6) is 0 Å². The number of hydrogen-bond acceptors (Lipinski definition) is 6. The summed E-state index contributed by atoms with van der Waals surface area (Å²) in [7, 11) is 0. The smallest absolute Gasteiger partial charge is 0.283 e. The van der Waals surface area contributed by atoms with Crippen LogP contribution in [-0.2, 0) is 5.75 Å². The Bertz CT molecular complexity index is 666. The highest BCUT2D eigenvalue weighted by molar-refractivity contribution is 7.98. The second-order valence-electron chi connectivity index (χ2n) is 3.63. The first-order chi connectivity index (χ1) is 9.33. The zero-order valence-corrected chi connectivity index (χ0v) is 10.5. The predicted octanol–water partition coefficient (Wildman–Crippen LogP) is 2.26. The molecule has 0 N–H and O–H groups in total. The summed E-state index contributed by atoms with van der Waals surface area (Å²) in [5, 5.41) is 19.8. The van der Waals surface area contributed by atoms with Crippen molar-refractivity contribution in [3.63, 3.8) is 0 Å². The van der Waals surface area contributed by atoms with Crippen molar-refractivity contribution < 1.29 is 13.6 Å². The van der Waals surface area contributed by atoms with Gasteiger partial charge in [-0.05, 0) is 30.0 Å². The average molecular weight is 275 g/mol. The molecule has 0 bridgehead atoms. The van der Waals surface area contributed by atoms with Crippen LogP contribution in [0.15, 0.2) is 56.7 Å². The second-order valence-corrected chi connectivity index (χ2v) is 4.63. The molecular formula is C12H9N3O3S. The van der Waals surface area contributed by atoms with Crippen LogP contribution in [0, 0.1) is 5.21 Å². The molecule has 0 aliphatic rings. The van der Waals surface area contributed by atoms with Gasteiger partial charge in [0, 0.05) is 12.1 Å². The highest BCUT2D eigenvalue weighted by Crippen LogP contribution is 2.22. The molecule has 0 aliphatic heterocycles. The van der Waals surface area contributed by atoms with E-state index < -0.39 is 0 Å². The molecule has 0 radical (unpaired) electrons. The lowest BCUT2D eigenvalue weighted by Crippen LogP contribution is -2.27. The Hall–Kier alpha value is -2.28. The van der Waals surface area contributed by atoms with E-state index in [2.05, 4.69) is 10.2 Å². The highest BCUT2D eigenvalue weighted by atomic mass is 32.2. The molecule has 19 heavy (non-hydrogen) atoms. The molecule has 96 valence electrons. The summed E-state index contributed by atoms with van der Waals surface area (Å²) in [4.78, 5) is 0. The molecular weight excluding hydrogens is 266 g/mol. The van der Waals surface area contributed by atoms with Gasteiger partial charge in [-0.25, -0.2) is 0 Å². The number of aromatic nitrogens is 3. The lowest BCUT2D eigenvalue weighted by molar-refractivity contribution is -0.645. The normalized spacial score (nSPS) is 10.7. The van der Waals surface area contributed by atoms with Crippen molar-refractivity contribution in [2.75, 3.05) is 0 Å². The molecule has 0 aromatic carbocycles. The number of rotatable bonds is 4. The third-order valence-electron chi connectivity index (χ3n) is 2.33. The van der Waals surface area contributed by atoms with E-state index >= 15 is 0 Å². The molecule has 3 heterocycles. The summed E-state index contributed by atoms with van der Waals surface area (Å²) in [5.74, 6) is 1.74. The first kappa shape index (κ1) is 11.8. The van der Waals surface area contributed by atoms with Gasteiger partial charge >= 0.3 is 0 Å². The lowest BCUT2D eigenvalue weighted by Gasteiger charge is -2.00. The average Bonchev–Trinajstić information content (AvgIpc) is 3.09. The molecule has 0 unspecified atom stereocenters. The summed E-state index contributed by atoms with van der Waals surface area (Å²) in [6.45, 7) is 0. The fraction of sp³-hybridized carbons (Fsp3) is 0.0833. The minimum absolute atomic E-state index is 0.337. The van der Waals surface area contributed by atoms with Gasteiger partial charge in [-0.15, -0.1) is 10.2 Å². The van der Waals surface area contributed by atoms with Crippen molar-refractivity contribution in [3.8, 4) is 11.7 Å². The van der Waals surface area contributed by atoms with Gasteiger partial charge in [-0.2, -0.15) is 4.73 Å². The van der Waals surface area contributed by atoms with Crippen LogP contribution in [0.25, 0.3) is 11.7 Å². The van der Waals surface area contributed by atoms with E-state index in [0.717, 1.165) is 4.73 Å².